The van der Waals surface area contributed by atoms with Crippen LogP contribution < -0.4 is 20.2 Å². The number of carbonyl (C=O) groups is 2. The summed E-state index contributed by atoms with van der Waals surface area (Å²) in [6.45, 7) is -0.671. The lowest BCUT2D eigenvalue weighted by Gasteiger charge is -2.22. The van der Waals surface area contributed by atoms with E-state index in [2.05, 4.69) is 5.32 Å². The van der Waals surface area contributed by atoms with Gasteiger partial charge in [-0.1, -0.05) is 6.07 Å². The number of nitrogens with zero attached hydrogens (tertiary/aromatic N) is 1. The third kappa shape index (κ3) is 8.11. The first-order chi connectivity index (χ1) is 17.4. The number of hydroxylamine groups is 3. The lowest BCUT2D eigenvalue weighted by molar-refractivity contribution is -0.178. The molecule has 0 aliphatic rings. The number of nitrogens with one attached hydrogen (secondary N) is 4. The van der Waals surface area contributed by atoms with Crippen LogP contribution in [0.3, 0.4) is 0 Å². The Labute approximate surface area is 210 Å². The molecule has 0 saturated carbocycles. The van der Waals surface area contributed by atoms with Crippen LogP contribution in [0.1, 0.15) is 21.5 Å². The Bertz CT molecular complexity index is 1250. The fraction of sp³-hybridized carbons (Fsp3) is 0.333. The molecule has 12 nitrogen and oxygen atoms in total. The van der Waals surface area contributed by atoms with Gasteiger partial charge in [-0.3, -0.25) is 19.3 Å². The summed E-state index contributed by atoms with van der Waals surface area (Å²) in [5.74, 6) is -5.92. The molecule has 2 rings (SSSR count). The van der Waals surface area contributed by atoms with E-state index in [1.165, 1.54) is 12.1 Å². The molecule has 0 aliphatic heterocycles. The normalized spacial score (nSPS) is 11.3. The Kier molecular flexibility index (Phi) is 10.8. The van der Waals surface area contributed by atoms with Crippen LogP contribution in [0.15, 0.2) is 24.3 Å². The molecular weight excluding hydrogens is 523 g/mol. The van der Waals surface area contributed by atoms with Crippen molar-refractivity contribution in [2.24, 2.45) is 0 Å². The number of carbonyl (C=O) groups excluding carboxylic acids is 2. The van der Waals surface area contributed by atoms with Crippen LogP contribution in [-0.4, -0.2) is 64.3 Å². The zero-order valence-electron chi connectivity index (χ0n) is 20.0. The maximum absolute atomic E-state index is 15.2. The number of benzene rings is 2. The van der Waals surface area contributed by atoms with Crippen LogP contribution in [0.4, 0.5) is 24.5 Å². The van der Waals surface area contributed by atoms with Gasteiger partial charge in [0.15, 0.2) is 11.6 Å². The average molecular weight is 550 g/mol. The Morgan fingerprint density at radius 2 is 1.84 bits per heavy atom. The summed E-state index contributed by atoms with van der Waals surface area (Å²) in [4.78, 5) is 34.6. The maximum Gasteiger partial charge on any atom is 0.277 e. The first kappa shape index (κ1) is 29.9. The predicted molar refractivity (Wildman–Crippen MR) is 125 cm³/mol. The van der Waals surface area contributed by atoms with Crippen molar-refractivity contribution >= 4 is 33.4 Å². The standard InChI is InChI=1S/C21H26F3N5O7S/c1-12-4-5-16(15(22)8-12)27-20-14(21(32)28-36-7-6-30)9-13(18(23)19(20)24)11-29(35-3)17(31)10-26-37(33,34)25-2/h4-5,8-9,25-27,30H,6-7,10-11H2,1-3H3,(H,28,32). The average Bonchev–Trinajstić information content (AvgIpc) is 2.86. The van der Waals surface area contributed by atoms with Crippen molar-refractivity contribution in [3.05, 3.63) is 58.4 Å². The van der Waals surface area contributed by atoms with E-state index in [9.17, 15) is 22.4 Å². The van der Waals surface area contributed by atoms with Crippen molar-refractivity contribution in [1.82, 2.24) is 20.0 Å². The van der Waals surface area contributed by atoms with Crippen LogP contribution in [0.5, 0.6) is 0 Å². The molecule has 5 N–H and O–H groups in total. The minimum absolute atomic E-state index is 0.257. The van der Waals surface area contributed by atoms with Crippen LogP contribution in [-0.2, 0) is 31.2 Å². The number of aryl methyl sites for hydroxylation is 1. The Hall–Kier alpha value is -3.28. The van der Waals surface area contributed by atoms with Gasteiger partial charge in [-0.25, -0.2) is 28.4 Å². The molecule has 2 aromatic carbocycles. The molecule has 16 heteroatoms. The molecule has 0 aliphatic carbocycles. The topological polar surface area (TPSA) is 158 Å². The second-order valence-electron chi connectivity index (χ2n) is 7.34. The van der Waals surface area contributed by atoms with E-state index < -0.39 is 76.0 Å². The number of halogens is 3. The predicted octanol–water partition coefficient (Wildman–Crippen LogP) is 0.753. The number of anilines is 2. The first-order valence-electron chi connectivity index (χ1n) is 10.5. The molecule has 0 unspecified atom stereocenters. The molecule has 0 saturated heterocycles. The Morgan fingerprint density at radius 1 is 1.14 bits per heavy atom. The molecule has 0 bridgehead atoms. The minimum atomic E-state index is -3.98. The third-order valence-corrected chi connectivity index (χ3v) is 5.83. The second kappa shape index (κ2) is 13.3. The van der Waals surface area contributed by atoms with Gasteiger partial charge in [-0.15, -0.1) is 0 Å². The van der Waals surface area contributed by atoms with E-state index in [1.54, 1.807) is 6.92 Å². The molecule has 0 heterocycles. The highest BCUT2D eigenvalue weighted by molar-refractivity contribution is 7.87. The quantitative estimate of drug-likeness (QED) is 0.181. The van der Waals surface area contributed by atoms with Gasteiger partial charge in [-0.2, -0.15) is 13.1 Å². The van der Waals surface area contributed by atoms with Gasteiger partial charge in [0.1, 0.15) is 5.82 Å². The molecule has 2 amide bonds. The summed E-state index contributed by atoms with van der Waals surface area (Å²) in [6, 6.07) is 4.78. The highest BCUT2D eigenvalue weighted by atomic mass is 32.2. The van der Waals surface area contributed by atoms with Crippen molar-refractivity contribution in [3.8, 4) is 0 Å². The van der Waals surface area contributed by atoms with Crippen molar-refractivity contribution in [2.75, 3.05) is 39.2 Å². The van der Waals surface area contributed by atoms with Gasteiger partial charge >= 0.3 is 0 Å². The minimum Gasteiger partial charge on any atom is -0.394 e. The summed E-state index contributed by atoms with van der Waals surface area (Å²) in [7, 11) is -1.84. The van der Waals surface area contributed by atoms with Crippen molar-refractivity contribution < 1.29 is 46.0 Å². The summed E-state index contributed by atoms with van der Waals surface area (Å²) in [6.07, 6.45) is 0. The summed E-state index contributed by atoms with van der Waals surface area (Å²) < 4.78 is 71.4. The largest absolute Gasteiger partial charge is 0.394 e. The number of hydrogen-bond donors (Lipinski definition) is 5. The maximum atomic E-state index is 15.2. The van der Waals surface area contributed by atoms with Crippen molar-refractivity contribution in [1.29, 1.82) is 0 Å². The van der Waals surface area contributed by atoms with Crippen molar-refractivity contribution in [3.63, 3.8) is 0 Å². The van der Waals surface area contributed by atoms with E-state index in [-0.39, 0.29) is 12.3 Å². The number of amides is 2. The number of rotatable bonds is 13. The summed E-state index contributed by atoms with van der Waals surface area (Å²) in [5.41, 5.74) is 0.438. The van der Waals surface area contributed by atoms with E-state index in [0.29, 0.717) is 10.6 Å². The first-order valence-corrected chi connectivity index (χ1v) is 12.0. The second-order valence-corrected chi connectivity index (χ2v) is 9.04. The number of aliphatic hydroxyl groups is 1. The van der Waals surface area contributed by atoms with E-state index in [1.807, 2.05) is 14.9 Å². The van der Waals surface area contributed by atoms with Crippen LogP contribution in [0.2, 0.25) is 0 Å². The number of aliphatic hydroxyl groups excluding tert-OH is 1. The molecular formula is C21H26F3N5O7S. The Balaban J connectivity index is 2.46. The fourth-order valence-corrected chi connectivity index (χ4v) is 3.35. The molecule has 0 spiro atoms. The zero-order chi connectivity index (χ0) is 27.8. The van der Waals surface area contributed by atoms with Gasteiger partial charge < -0.3 is 10.4 Å². The fourth-order valence-electron chi connectivity index (χ4n) is 2.89. The lowest BCUT2D eigenvalue weighted by Crippen LogP contribution is -2.42. The van der Waals surface area contributed by atoms with Crippen LogP contribution >= 0.6 is 0 Å². The zero-order valence-corrected chi connectivity index (χ0v) is 20.8. The molecule has 0 atom stereocenters. The molecule has 204 valence electrons. The monoisotopic (exact) mass is 549 g/mol. The van der Waals surface area contributed by atoms with Gasteiger partial charge in [-0.05, 0) is 30.7 Å². The third-order valence-electron chi connectivity index (χ3n) is 4.76. The highest BCUT2D eigenvalue weighted by Crippen LogP contribution is 2.31. The van der Waals surface area contributed by atoms with Gasteiger partial charge in [0.05, 0.1) is 50.4 Å². The number of hydrogen-bond acceptors (Lipinski definition) is 8. The molecule has 37 heavy (non-hydrogen) atoms. The SMILES string of the molecule is CNS(=O)(=O)NCC(=O)N(Cc1cc(C(=O)NOCCO)c(Nc2ccc(C)cc2F)c(F)c1F)OC. The molecule has 0 aromatic heterocycles. The molecule has 0 radical (unpaired) electrons. The van der Waals surface area contributed by atoms with Gasteiger partial charge in [0, 0.05) is 12.6 Å². The Morgan fingerprint density at radius 3 is 2.43 bits per heavy atom. The molecule has 0 fully saturated rings. The van der Waals surface area contributed by atoms with Crippen LogP contribution in [0.25, 0.3) is 0 Å². The van der Waals surface area contributed by atoms with E-state index in [4.69, 9.17) is 14.8 Å². The van der Waals surface area contributed by atoms with Gasteiger partial charge in [0.2, 0.25) is 0 Å². The van der Waals surface area contributed by atoms with Crippen molar-refractivity contribution in [2.45, 2.75) is 13.5 Å². The smallest absolute Gasteiger partial charge is 0.277 e. The summed E-state index contributed by atoms with van der Waals surface area (Å²) in [5, 5.41) is 11.7. The van der Waals surface area contributed by atoms with Gasteiger partial charge in [0.25, 0.3) is 22.0 Å². The lowest BCUT2D eigenvalue weighted by atomic mass is 10.0. The summed E-state index contributed by atoms with van der Waals surface area (Å²) >= 11 is 0. The van der Waals surface area contributed by atoms with E-state index in [0.717, 1.165) is 26.3 Å². The molecule has 2 aromatic rings. The van der Waals surface area contributed by atoms with Crippen LogP contribution in [0, 0.1) is 24.4 Å². The van der Waals surface area contributed by atoms with E-state index >= 15 is 8.78 Å². The highest BCUT2D eigenvalue weighted by Gasteiger charge is 2.26.